The van der Waals surface area contributed by atoms with E-state index in [1.165, 1.54) is 28.9 Å². The minimum Gasteiger partial charge on any atom is -0.388 e. The van der Waals surface area contributed by atoms with Crippen molar-refractivity contribution < 1.29 is 14.7 Å². The molecular formula is C28H31NO3. The predicted molar refractivity (Wildman–Crippen MR) is 127 cm³/mol. The van der Waals surface area contributed by atoms with Gasteiger partial charge in [-0.15, -0.1) is 0 Å². The molecule has 1 unspecified atom stereocenters. The molecule has 0 bridgehead atoms. The van der Waals surface area contributed by atoms with Crippen LogP contribution in [0.2, 0.25) is 0 Å². The van der Waals surface area contributed by atoms with Gasteiger partial charge in [-0.25, -0.2) is 0 Å². The number of aliphatic hydroxyl groups excluding tert-OH is 1. The molecule has 0 radical (unpaired) electrons. The molecule has 4 rings (SSSR count). The summed E-state index contributed by atoms with van der Waals surface area (Å²) in [6.07, 6.45) is 7.48. The zero-order valence-electron chi connectivity index (χ0n) is 19.1. The Morgan fingerprint density at radius 3 is 2.38 bits per heavy atom. The first-order chi connectivity index (χ1) is 15.3. The minimum atomic E-state index is -0.750. The van der Waals surface area contributed by atoms with Crippen molar-refractivity contribution in [3.63, 3.8) is 0 Å². The first-order valence-corrected chi connectivity index (χ1v) is 11.4. The summed E-state index contributed by atoms with van der Waals surface area (Å²) in [7, 11) is 0. The number of aliphatic hydroxyl groups is 1. The van der Waals surface area contributed by atoms with Crippen LogP contribution in [0.1, 0.15) is 84.4 Å². The Hall–Kier alpha value is -2.98. The fourth-order valence-electron chi connectivity index (χ4n) is 4.92. The summed E-state index contributed by atoms with van der Waals surface area (Å²) in [5.74, 6) is -0.568. The van der Waals surface area contributed by atoms with E-state index in [4.69, 9.17) is 0 Å². The van der Waals surface area contributed by atoms with E-state index in [-0.39, 0.29) is 23.8 Å². The van der Waals surface area contributed by atoms with Crippen molar-refractivity contribution >= 4 is 17.9 Å². The number of carbonyl (C=O) groups excluding carboxylic acids is 2. The molecule has 2 aliphatic rings. The van der Waals surface area contributed by atoms with Gasteiger partial charge >= 0.3 is 0 Å². The van der Waals surface area contributed by atoms with Crippen molar-refractivity contribution in [2.75, 3.05) is 6.54 Å². The van der Waals surface area contributed by atoms with Crippen LogP contribution in [0, 0.1) is 5.41 Å². The van der Waals surface area contributed by atoms with Crippen LogP contribution >= 0.6 is 0 Å². The van der Waals surface area contributed by atoms with Gasteiger partial charge in [-0.05, 0) is 72.9 Å². The van der Waals surface area contributed by atoms with Gasteiger partial charge in [0.2, 0.25) is 0 Å². The van der Waals surface area contributed by atoms with Crippen LogP contribution in [0.25, 0.3) is 6.08 Å². The highest BCUT2D eigenvalue weighted by Crippen LogP contribution is 2.41. The molecule has 4 heteroatoms. The largest absolute Gasteiger partial charge is 0.388 e. The van der Waals surface area contributed by atoms with E-state index in [1.807, 2.05) is 24.3 Å². The van der Waals surface area contributed by atoms with E-state index < -0.39 is 6.10 Å². The number of benzene rings is 2. The summed E-state index contributed by atoms with van der Waals surface area (Å²) < 4.78 is 0. The van der Waals surface area contributed by atoms with Gasteiger partial charge in [0.15, 0.2) is 0 Å². The zero-order chi connectivity index (χ0) is 22.9. The standard InChI is InChI=1S/C28H31NO3/c1-19-8-7-16-28(2,3)24(19)14-13-20-9-6-10-21(18-20)25(30)15-17-29-26(31)22-11-4-5-12-23(22)27(29)32/h4-6,9-14,18,25,30H,7-8,15-17H2,1-3H3/b14-13+. The second kappa shape index (κ2) is 8.87. The molecule has 4 nitrogen and oxygen atoms in total. The van der Waals surface area contributed by atoms with Gasteiger partial charge in [0.05, 0.1) is 17.2 Å². The third kappa shape index (κ3) is 4.33. The lowest BCUT2D eigenvalue weighted by atomic mass is 9.72. The zero-order valence-corrected chi connectivity index (χ0v) is 19.1. The molecule has 1 N–H and O–H groups in total. The molecule has 32 heavy (non-hydrogen) atoms. The van der Waals surface area contributed by atoms with Crippen LogP contribution in [0.3, 0.4) is 0 Å². The Morgan fingerprint density at radius 1 is 1.03 bits per heavy atom. The molecule has 2 aromatic rings. The van der Waals surface area contributed by atoms with Crippen LogP contribution in [-0.4, -0.2) is 28.4 Å². The number of allylic oxidation sites excluding steroid dienone is 3. The minimum absolute atomic E-state index is 0.183. The molecule has 0 fully saturated rings. The smallest absolute Gasteiger partial charge is 0.261 e. The summed E-state index contributed by atoms with van der Waals surface area (Å²) >= 11 is 0. The van der Waals surface area contributed by atoms with Crippen molar-refractivity contribution in [3.05, 3.63) is 88.0 Å². The highest BCUT2D eigenvalue weighted by Gasteiger charge is 2.35. The van der Waals surface area contributed by atoms with Gasteiger partial charge in [0, 0.05) is 6.54 Å². The molecule has 2 amide bonds. The van der Waals surface area contributed by atoms with Crippen LogP contribution in [0.4, 0.5) is 0 Å². The number of rotatable bonds is 6. The summed E-state index contributed by atoms with van der Waals surface area (Å²) in [5, 5.41) is 10.8. The lowest BCUT2D eigenvalue weighted by molar-refractivity contribution is 0.0622. The van der Waals surface area contributed by atoms with Crippen LogP contribution < -0.4 is 0 Å². The number of fused-ring (bicyclic) bond motifs is 1. The number of hydrogen-bond donors (Lipinski definition) is 1. The Bertz CT molecular complexity index is 1070. The van der Waals surface area contributed by atoms with Gasteiger partial charge in [-0.2, -0.15) is 0 Å². The Morgan fingerprint density at radius 2 is 1.72 bits per heavy atom. The molecule has 166 valence electrons. The molecular weight excluding hydrogens is 398 g/mol. The average molecular weight is 430 g/mol. The third-order valence-corrected chi connectivity index (χ3v) is 6.78. The van der Waals surface area contributed by atoms with Gasteiger partial charge in [0.25, 0.3) is 11.8 Å². The highest BCUT2D eigenvalue weighted by atomic mass is 16.3. The summed E-state index contributed by atoms with van der Waals surface area (Å²) in [4.78, 5) is 26.3. The number of amides is 2. The normalized spacial score (nSPS) is 19.1. The molecule has 1 atom stereocenters. The van der Waals surface area contributed by atoms with Crippen molar-refractivity contribution in [2.45, 2.75) is 52.6 Å². The summed E-state index contributed by atoms with van der Waals surface area (Å²) in [5.41, 5.74) is 5.74. The number of imide groups is 1. The SMILES string of the molecule is CC1=C(/C=C/c2cccc(C(O)CCN3C(=O)c4ccccc4C3=O)c2)C(C)(C)CCC1. The first-order valence-electron chi connectivity index (χ1n) is 11.4. The van der Waals surface area contributed by atoms with E-state index >= 15 is 0 Å². The number of hydrogen-bond acceptors (Lipinski definition) is 3. The van der Waals surface area contributed by atoms with Crippen molar-refractivity contribution in [3.8, 4) is 0 Å². The molecule has 0 saturated heterocycles. The van der Waals surface area contributed by atoms with Gasteiger partial charge in [-0.3, -0.25) is 14.5 Å². The molecule has 0 spiro atoms. The van der Waals surface area contributed by atoms with Crippen molar-refractivity contribution in [1.29, 1.82) is 0 Å². The molecule has 1 heterocycles. The fourth-order valence-corrected chi connectivity index (χ4v) is 4.92. The van der Waals surface area contributed by atoms with Gasteiger partial charge in [0.1, 0.15) is 0 Å². The third-order valence-electron chi connectivity index (χ3n) is 6.78. The first kappa shape index (κ1) is 22.2. The Kier molecular flexibility index (Phi) is 6.16. The fraction of sp³-hybridized carbons (Fsp3) is 0.357. The van der Waals surface area contributed by atoms with E-state index in [9.17, 15) is 14.7 Å². The van der Waals surface area contributed by atoms with Crippen LogP contribution in [0.15, 0.2) is 65.8 Å². The molecule has 0 aromatic heterocycles. The quantitative estimate of drug-likeness (QED) is 0.578. The second-order valence-corrected chi connectivity index (χ2v) is 9.55. The maximum Gasteiger partial charge on any atom is 0.261 e. The second-order valence-electron chi connectivity index (χ2n) is 9.55. The van der Waals surface area contributed by atoms with E-state index in [1.54, 1.807) is 24.3 Å². The Balaban J connectivity index is 1.44. The average Bonchev–Trinajstić information content (AvgIpc) is 3.01. The van der Waals surface area contributed by atoms with Crippen molar-refractivity contribution in [2.24, 2.45) is 5.41 Å². The number of nitrogens with zero attached hydrogens (tertiary/aromatic N) is 1. The van der Waals surface area contributed by atoms with Crippen LogP contribution in [-0.2, 0) is 0 Å². The lowest BCUT2D eigenvalue weighted by Gasteiger charge is -2.32. The molecule has 2 aromatic carbocycles. The van der Waals surface area contributed by atoms with Gasteiger partial charge < -0.3 is 5.11 Å². The predicted octanol–water partition coefficient (Wildman–Crippen LogP) is 5.95. The van der Waals surface area contributed by atoms with Crippen molar-refractivity contribution in [1.82, 2.24) is 4.90 Å². The number of carbonyl (C=O) groups is 2. The molecule has 1 aliphatic heterocycles. The molecule has 0 saturated carbocycles. The maximum atomic E-state index is 12.5. The highest BCUT2D eigenvalue weighted by molar-refractivity contribution is 6.21. The molecule has 1 aliphatic carbocycles. The topological polar surface area (TPSA) is 57.6 Å². The van der Waals surface area contributed by atoms with E-state index in [0.717, 1.165) is 17.5 Å². The van der Waals surface area contributed by atoms with Gasteiger partial charge in [-0.1, -0.05) is 61.9 Å². The summed E-state index contributed by atoms with van der Waals surface area (Å²) in [6, 6.07) is 14.7. The van der Waals surface area contributed by atoms with Crippen LogP contribution in [0.5, 0.6) is 0 Å². The van der Waals surface area contributed by atoms with E-state index in [0.29, 0.717) is 17.5 Å². The Labute approximate surface area is 190 Å². The summed E-state index contributed by atoms with van der Waals surface area (Å²) in [6.45, 7) is 7.01. The maximum absolute atomic E-state index is 12.5. The lowest BCUT2D eigenvalue weighted by Crippen LogP contribution is -2.31. The monoisotopic (exact) mass is 429 g/mol. The van der Waals surface area contributed by atoms with E-state index in [2.05, 4.69) is 32.9 Å².